The van der Waals surface area contributed by atoms with E-state index in [1.165, 1.54) is 0 Å². The molecule has 0 radical (unpaired) electrons. The lowest BCUT2D eigenvalue weighted by Gasteiger charge is -2.13. The maximum atomic E-state index is 11.1. The smallest absolute Gasteiger partial charge is 0.332 e. The second kappa shape index (κ2) is 6.00. The predicted molar refractivity (Wildman–Crippen MR) is 77.1 cm³/mol. The van der Waals surface area contributed by atoms with E-state index in [1.54, 1.807) is 14.0 Å². The summed E-state index contributed by atoms with van der Waals surface area (Å²) in [6, 6.07) is 0. The average molecular weight is 280 g/mol. The molecule has 20 heavy (non-hydrogen) atoms. The molecule has 110 valence electrons. The van der Waals surface area contributed by atoms with E-state index in [0.29, 0.717) is 29.9 Å². The normalized spacial score (nSPS) is 19.1. The van der Waals surface area contributed by atoms with Crippen molar-refractivity contribution in [3.63, 3.8) is 0 Å². The number of hydrogen-bond donors (Lipinski definition) is 2. The van der Waals surface area contributed by atoms with Crippen molar-refractivity contribution < 1.29 is 4.92 Å². The minimum absolute atomic E-state index is 0.0460. The summed E-state index contributed by atoms with van der Waals surface area (Å²) in [6.07, 6.45) is 1.10. The fraction of sp³-hybridized carbons (Fsp3) is 0.667. The van der Waals surface area contributed by atoms with Crippen molar-refractivity contribution in [2.24, 2.45) is 5.92 Å². The highest BCUT2D eigenvalue weighted by Gasteiger charge is 2.24. The number of hydrogen-bond acceptors (Lipinski definition) is 7. The highest BCUT2D eigenvalue weighted by Crippen LogP contribution is 2.27. The van der Waals surface area contributed by atoms with Gasteiger partial charge in [0.2, 0.25) is 11.8 Å². The van der Waals surface area contributed by atoms with Crippen LogP contribution < -0.4 is 10.6 Å². The fourth-order valence-corrected chi connectivity index (χ4v) is 2.45. The molecular formula is C12H20N6O2. The minimum atomic E-state index is -0.433. The molecule has 1 saturated heterocycles. The van der Waals surface area contributed by atoms with Crippen LogP contribution in [0.1, 0.15) is 12.1 Å². The van der Waals surface area contributed by atoms with Gasteiger partial charge < -0.3 is 15.5 Å². The van der Waals surface area contributed by atoms with Crippen LogP contribution in [0.25, 0.3) is 0 Å². The predicted octanol–water partition coefficient (Wildman–Crippen LogP) is 1.10. The summed E-state index contributed by atoms with van der Waals surface area (Å²) in [7, 11) is 3.77. The summed E-state index contributed by atoms with van der Waals surface area (Å²) in [4.78, 5) is 21.2. The molecule has 1 aromatic rings. The summed E-state index contributed by atoms with van der Waals surface area (Å²) in [5.41, 5.74) is 0.316. The lowest BCUT2D eigenvalue weighted by molar-refractivity contribution is -0.385. The van der Waals surface area contributed by atoms with Gasteiger partial charge in [-0.15, -0.1) is 0 Å². The first-order chi connectivity index (χ1) is 9.51. The number of rotatable bonds is 5. The summed E-state index contributed by atoms with van der Waals surface area (Å²) in [5.74, 6) is 1.17. The van der Waals surface area contributed by atoms with E-state index in [0.717, 1.165) is 19.5 Å². The summed E-state index contributed by atoms with van der Waals surface area (Å²) < 4.78 is 0. The quantitative estimate of drug-likeness (QED) is 0.615. The second-order valence-electron chi connectivity index (χ2n) is 5.13. The van der Waals surface area contributed by atoms with E-state index in [-0.39, 0.29) is 5.69 Å². The Balaban J connectivity index is 2.16. The van der Waals surface area contributed by atoms with E-state index in [1.807, 2.05) is 0 Å². The Labute approximate surface area is 117 Å². The van der Waals surface area contributed by atoms with E-state index >= 15 is 0 Å². The van der Waals surface area contributed by atoms with Crippen molar-refractivity contribution in [2.75, 3.05) is 44.4 Å². The van der Waals surface area contributed by atoms with Crippen LogP contribution in [0.15, 0.2) is 0 Å². The first kappa shape index (κ1) is 14.4. The number of likely N-dealkylation sites (tertiary alicyclic amines) is 1. The molecule has 1 aliphatic rings. The van der Waals surface area contributed by atoms with Crippen LogP contribution in [-0.4, -0.2) is 53.5 Å². The molecule has 0 saturated carbocycles. The zero-order chi connectivity index (χ0) is 14.7. The van der Waals surface area contributed by atoms with E-state index in [9.17, 15) is 10.1 Å². The van der Waals surface area contributed by atoms with E-state index < -0.39 is 4.92 Å². The molecule has 0 aliphatic carbocycles. The third kappa shape index (κ3) is 3.13. The van der Waals surface area contributed by atoms with Crippen molar-refractivity contribution in [3.05, 3.63) is 15.8 Å². The first-order valence-electron chi connectivity index (χ1n) is 6.64. The SMILES string of the molecule is CNc1nc(C)c([N+](=O)[O-])c(NCC2CCN(C)C2)n1. The molecule has 8 nitrogen and oxygen atoms in total. The molecule has 1 aliphatic heterocycles. The molecule has 0 aromatic carbocycles. The Bertz CT molecular complexity index is 507. The van der Waals surface area contributed by atoms with Gasteiger partial charge in [-0.2, -0.15) is 4.98 Å². The van der Waals surface area contributed by atoms with E-state index in [2.05, 4.69) is 32.5 Å². The first-order valence-corrected chi connectivity index (χ1v) is 6.64. The Morgan fingerprint density at radius 2 is 2.25 bits per heavy atom. The van der Waals surface area contributed by atoms with Crippen molar-refractivity contribution >= 4 is 17.5 Å². The van der Waals surface area contributed by atoms with Gasteiger partial charge in [-0.25, -0.2) is 4.98 Å². The molecule has 1 atom stereocenters. The summed E-state index contributed by atoms with van der Waals surface area (Å²) in [5, 5.41) is 17.1. The Morgan fingerprint density at radius 1 is 1.50 bits per heavy atom. The number of aryl methyl sites for hydroxylation is 1. The van der Waals surface area contributed by atoms with Crippen LogP contribution in [0.5, 0.6) is 0 Å². The highest BCUT2D eigenvalue weighted by atomic mass is 16.6. The number of aromatic nitrogens is 2. The van der Waals surface area contributed by atoms with Gasteiger partial charge in [0.25, 0.3) is 0 Å². The molecule has 1 unspecified atom stereocenters. The van der Waals surface area contributed by atoms with Crippen molar-refractivity contribution in [3.8, 4) is 0 Å². The van der Waals surface area contributed by atoms with Gasteiger partial charge in [0, 0.05) is 20.1 Å². The highest BCUT2D eigenvalue weighted by molar-refractivity contribution is 5.60. The van der Waals surface area contributed by atoms with E-state index in [4.69, 9.17) is 0 Å². The summed E-state index contributed by atoms with van der Waals surface area (Å²) >= 11 is 0. The number of anilines is 2. The van der Waals surface area contributed by atoms with Gasteiger partial charge in [-0.05, 0) is 32.9 Å². The average Bonchev–Trinajstić information content (AvgIpc) is 2.81. The standard InChI is InChI=1S/C12H20N6O2/c1-8-10(18(19)20)11(16-12(13-2)15-8)14-6-9-4-5-17(3)7-9/h9H,4-7H2,1-3H3,(H2,13,14,15,16). The topological polar surface area (TPSA) is 96.2 Å². The molecule has 2 rings (SSSR count). The molecule has 1 fully saturated rings. The lowest BCUT2D eigenvalue weighted by Crippen LogP contribution is -2.20. The van der Waals surface area contributed by atoms with Gasteiger partial charge in [0.05, 0.1) is 4.92 Å². The van der Waals surface area contributed by atoms with Crippen LogP contribution in [0.2, 0.25) is 0 Å². The monoisotopic (exact) mass is 280 g/mol. The Hall–Kier alpha value is -1.96. The van der Waals surface area contributed by atoms with Crippen molar-refractivity contribution in [2.45, 2.75) is 13.3 Å². The summed E-state index contributed by atoms with van der Waals surface area (Å²) in [6.45, 7) is 4.38. The Kier molecular flexibility index (Phi) is 4.33. The lowest BCUT2D eigenvalue weighted by atomic mass is 10.1. The van der Waals surface area contributed by atoms with Gasteiger partial charge in [-0.1, -0.05) is 0 Å². The number of nitro groups is 1. The molecule has 0 spiro atoms. The van der Waals surface area contributed by atoms with Crippen molar-refractivity contribution in [1.29, 1.82) is 0 Å². The third-order valence-corrected chi connectivity index (χ3v) is 3.51. The molecular weight excluding hydrogens is 260 g/mol. The maximum Gasteiger partial charge on any atom is 0.332 e. The molecule has 1 aromatic heterocycles. The van der Waals surface area contributed by atoms with Gasteiger partial charge in [-0.3, -0.25) is 10.1 Å². The van der Waals surface area contributed by atoms with Crippen LogP contribution in [-0.2, 0) is 0 Å². The zero-order valence-electron chi connectivity index (χ0n) is 12.0. The third-order valence-electron chi connectivity index (χ3n) is 3.51. The number of nitrogens with one attached hydrogen (secondary N) is 2. The van der Waals surface area contributed by atoms with Crippen LogP contribution >= 0.6 is 0 Å². The van der Waals surface area contributed by atoms with Crippen LogP contribution in [0, 0.1) is 23.0 Å². The fourth-order valence-electron chi connectivity index (χ4n) is 2.45. The second-order valence-corrected chi connectivity index (χ2v) is 5.13. The van der Waals surface area contributed by atoms with Gasteiger partial charge in [0.1, 0.15) is 5.69 Å². The van der Waals surface area contributed by atoms with Crippen molar-refractivity contribution in [1.82, 2.24) is 14.9 Å². The molecule has 2 N–H and O–H groups in total. The molecule has 0 bridgehead atoms. The number of nitrogens with zero attached hydrogens (tertiary/aromatic N) is 4. The molecule has 0 amide bonds. The zero-order valence-corrected chi connectivity index (χ0v) is 12.0. The molecule has 2 heterocycles. The van der Waals surface area contributed by atoms with Crippen LogP contribution in [0.3, 0.4) is 0 Å². The van der Waals surface area contributed by atoms with Gasteiger partial charge >= 0.3 is 5.69 Å². The Morgan fingerprint density at radius 3 is 2.80 bits per heavy atom. The minimum Gasteiger partial charge on any atom is -0.364 e. The molecule has 8 heteroatoms. The van der Waals surface area contributed by atoms with Crippen LogP contribution in [0.4, 0.5) is 17.5 Å². The van der Waals surface area contributed by atoms with Gasteiger partial charge in [0.15, 0.2) is 0 Å². The maximum absolute atomic E-state index is 11.1. The largest absolute Gasteiger partial charge is 0.364 e.